The maximum absolute atomic E-state index is 13.8. The van der Waals surface area contributed by atoms with Crippen LogP contribution in [0.1, 0.15) is 30.5 Å². The van der Waals surface area contributed by atoms with Crippen molar-refractivity contribution in [2.45, 2.75) is 31.6 Å². The Morgan fingerprint density at radius 2 is 1.54 bits per heavy atom. The van der Waals surface area contributed by atoms with Crippen molar-refractivity contribution in [1.82, 2.24) is 15.3 Å². The van der Waals surface area contributed by atoms with Gasteiger partial charge in [-0.2, -0.15) is 31.3 Å². The van der Waals surface area contributed by atoms with Gasteiger partial charge in [0.25, 0.3) is 0 Å². The third kappa shape index (κ3) is 6.67. The Hall–Kier alpha value is -3.58. The van der Waals surface area contributed by atoms with Crippen molar-refractivity contribution in [1.29, 1.82) is 0 Å². The van der Waals surface area contributed by atoms with Crippen molar-refractivity contribution >= 4 is 29.1 Å². The molecule has 3 aromatic rings. The lowest BCUT2D eigenvalue weighted by atomic mass is 9.81. The molecule has 2 heterocycles. The maximum Gasteiger partial charge on any atom is 0.416 e. The summed E-state index contributed by atoms with van der Waals surface area (Å²) in [6.07, 6.45) is -8.81. The first kappa shape index (κ1) is 30.4. The van der Waals surface area contributed by atoms with Crippen LogP contribution in [0.3, 0.4) is 0 Å². The average molecular weight is 602 g/mol. The number of piperazine rings is 1. The highest BCUT2D eigenvalue weighted by atomic mass is 35.5. The Bertz CT molecular complexity index is 1390. The first-order chi connectivity index (χ1) is 19.1. The smallest absolute Gasteiger partial charge is 0.416 e. The Labute approximate surface area is 237 Å². The molecule has 0 unspecified atom stereocenters. The summed E-state index contributed by atoms with van der Waals surface area (Å²) in [5.41, 5.74) is -5.31. The predicted molar refractivity (Wildman–Crippen MR) is 142 cm³/mol. The highest BCUT2D eigenvalue weighted by Gasteiger charge is 2.41. The fourth-order valence-electron chi connectivity index (χ4n) is 4.27. The maximum atomic E-state index is 13.8. The summed E-state index contributed by atoms with van der Waals surface area (Å²) in [5, 5.41) is 3.46. The van der Waals surface area contributed by atoms with Gasteiger partial charge in [-0.25, -0.2) is 4.98 Å². The van der Waals surface area contributed by atoms with Crippen LogP contribution in [-0.2, 0) is 22.6 Å². The molecule has 1 aliphatic rings. The highest BCUT2D eigenvalue weighted by Crippen LogP contribution is 2.41. The molecule has 0 radical (unpaired) electrons. The second-order valence-electron chi connectivity index (χ2n) is 9.91. The minimum absolute atomic E-state index is 0.0198. The number of rotatable bonds is 6. The van der Waals surface area contributed by atoms with Gasteiger partial charge in [0.2, 0.25) is 17.7 Å². The summed E-state index contributed by atoms with van der Waals surface area (Å²) < 4.78 is 87.1. The van der Waals surface area contributed by atoms with Gasteiger partial charge >= 0.3 is 12.4 Å². The molecule has 2 aromatic carbocycles. The number of benzene rings is 2. The van der Waals surface area contributed by atoms with Crippen LogP contribution in [0.5, 0.6) is 11.6 Å². The fourth-order valence-corrected chi connectivity index (χ4v) is 4.45. The molecule has 1 N–H and O–H groups in total. The Balaban J connectivity index is 1.76. The molecule has 0 saturated carbocycles. The minimum Gasteiger partial charge on any atom is -0.435 e. The second kappa shape index (κ2) is 11.4. The Kier molecular flexibility index (Phi) is 8.42. The molecule has 220 valence electrons. The van der Waals surface area contributed by atoms with Gasteiger partial charge in [0.05, 0.1) is 27.8 Å². The van der Waals surface area contributed by atoms with Gasteiger partial charge in [-0.15, -0.1) is 0 Å². The zero-order valence-electron chi connectivity index (χ0n) is 22.2. The van der Waals surface area contributed by atoms with E-state index in [0.29, 0.717) is 44.3 Å². The molecule has 0 aliphatic carbocycles. The molecule has 4 rings (SSSR count). The first-order valence-corrected chi connectivity index (χ1v) is 12.8. The SMILES string of the molecule is CN(C(=O)C(C)(C)c1cc(C(F)(F)F)cc(C(F)(F)F)c1)c1cnc(N2CCNCC2)nc1Oc1ccccc1Cl. The molecule has 0 atom stereocenters. The third-order valence-corrected chi connectivity index (χ3v) is 6.99. The van der Waals surface area contributed by atoms with E-state index in [0.717, 1.165) is 4.90 Å². The highest BCUT2D eigenvalue weighted by molar-refractivity contribution is 6.32. The zero-order chi connectivity index (χ0) is 30.2. The van der Waals surface area contributed by atoms with E-state index in [2.05, 4.69) is 15.3 Å². The largest absolute Gasteiger partial charge is 0.435 e. The molecule has 7 nitrogen and oxygen atoms in total. The van der Waals surface area contributed by atoms with Crippen LogP contribution < -0.4 is 19.9 Å². The van der Waals surface area contributed by atoms with Crippen molar-refractivity contribution in [2.24, 2.45) is 0 Å². The van der Waals surface area contributed by atoms with E-state index in [4.69, 9.17) is 16.3 Å². The number of ether oxygens (including phenoxy) is 1. The fraction of sp³-hybridized carbons (Fsp3) is 0.370. The van der Waals surface area contributed by atoms with Crippen molar-refractivity contribution in [2.75, 3.05) is 43.0 Å². The molecular weight excluding hydrogens is 576 g/mol. The minimum atomic E-state index is -5.06. The number of hydrogen-bond acceptors (Lipinski definition) is 6. The van der Waals surface area contributed by atoms with E-state index in [1.807, 2.05) is 4.90 Å². The van der Waals surface area contributed by atoms with E-state index in [1.54, 1.807) is 24.3 Å². The molecule has 41 heavy (non-hydrogen) atoms. The summed E-state index contributed by atoms with van der Waals surface area (Å²) in [4.78, 5) is 25.6. The third-order valence-electron chi connectivity index (χ3n) is 6.68. The van der Waals surface area contributed by atoms with Crippen molar-refractivity contribution in [3.63, 3.8) is 0 Å². The van der Waals surface area contributed by atoms with Gasteiger partial charge in [0, 0.05) is 33.2 Å². The first-order valence-electron chi connectivity index (χ1n) is 12.4. The molecule has 0 spiro atoms. The molecule has 1 aromatic heterocycles. The van der Waals surface area contributed by atoms with Gasteiger partial charge in [0.15, 0.2) is 0 Å². The van der Waals surface area contributed by atoms with E-state index < -0.39 is 40.4 Å². The van der Waals surface area contributed by atoms with Gasteiger partial charge in [-0.3, -0.25) is 4.79 Å². The Morgan fingerprint density at radius 1 is 0.976 bits per heavy atom. The number of halogens is 7. The lowest BCUT2D eigenvalue weighted by Gasteiger charge is -2.32. The number of anilines is 2. The van der Waals surface area contributed by atoms with Gasteiger partial charge < -0.3 is 19.9 Å². The Morgan fingerprint density at radius 3 is 2.10 bits per heavy atom. The van der Waals surface area contributed by atoms with Gasteiger partial charge in [-0.05, 0) is 49.7 Å². The number of nitrogens with one attached hydrogen (secondary N) is 1. The predicted octanol–water partition coefficient (Wildman–Crippen LogP) is 6.31. The lowest BCUT2D eigenvalue weighted by molar-refractivity contribution is -0.143. The van der Waals surface area contributed by atoms with Crippen LogP contribution in [0.25, 0.3) is 0 Å². The normalized spacial score (nSPS) is 14.6. The van der Waals surface area contributed by atoms with Crippen LogP contribution in [0.4, 0.5) is 38.0 Å². The zero-order valence-corrected chi connectivity index (χ0v) is 23.0. The summed E-state index contributed by atoms with van der Waals surface area (Å²) in [6.45, 7) is 5.07. The molecule has 1 saturated heterocycles. The summed E-state index contributed by atoms with van der Waals surface area (Å²) in [6, 6.07) is 7.63. The lowest BCUT2D eigenvalue weighted by Crippen LogP contribution is -2.44. The molecule has 0 bridgehead atoms. The molecule has 1 fully saturated rings. The van der Waals surface area contributed by atoms with Crippen LogP contribution in [-0.4, -0.2) is 49.1 Å². The number of carbonyl (C=O) groups is 1. The number of hydrogen-bond donors (Lipinski definition) is 1. The topological polar surface area (TPSA) is 70.6 Å². The molecule has 1 amide bonds. The van der Waals surface area contributed by atoms with Crippen LogP contribution >= 0.6 is 11.6 Å². The number of aromatic nitrogens is 2. The van der Waals surface area contributed by atoms with Crippen molar-refractivity contribution < 1.29 is 35.9 Å². The number of alkyl halides is 6. The molecule has 1 aliphatic heterocycles. The van der Waals surface area contributed by atoms with E-state index in [9.17, 15) is 31.1 Å². The number of likely N-dealkylation sites (N-methyl/N-ethyl adjacent to an activating group) is 1. The summed E-state index contributed by atoms with van der Waals surface area (Å²) in [5.74, 6) is -0.376. The van der Waals surface area contributed by atoms with Crippen LogP contribution in [0, 0.1) is 0 Å². The average Bonchev–Trinajstić information content (AvgIpc) is 2.92. The van der Waals surface area contributed by atoms with Crippen molar-refractivity contribution in [3.05, 3.63) is 70.4 Å². The van der Waals surface area contributed by atoms with E-state index in [-0.39, 0.29) is 28.4 Å². The standard InChI is InChI=1S/C27H26ClF6N5O2/c1-25(2,16-12-17(26(29,30)31)14-18(13-16)27(32,33)34)23(40)38(3)20-15-36-24(39-10-8-35-9-11-39)37-22(20)41-21-7-5-4-6-19(21)28/h4-7,12-15,35H,8-11H2,1-3H3. The summed E-state index contributed by atoms with van der Waals surface area (Å²) in [7, 11) is 1.31. The van der Waals surface area contributed by atoms with Gasteiger partial charge in [-0.1, -0.05) is 23.7 Å². The summed E-state index contributed by atoms with van der Waals surface area (Å²) >= 11 is 6.26. The second-order valence-corrected chi connectivity index (χ2v) is 10.3. The number of nitrogens with zero attached hydrogens (tertiary/aromatic N) is 4. The molecule has 14 heteroatoms. The van der Waals surface area contributed by atoms with E-state index in [1.165, 1.54) is 27.1 Å². The number of para-hydroxylation sites is 1. The quantitative estimate of drug-likeness (QED) is 0.334. The number of amides is 1. The monoisotopic (exact) mass is 601 g/mol. The van der Waals surface area contributed by atoms with E-state index >= 15 is 0 Å². The van der Waals surface area contributed by atoms with Gasteiger partial charge in [0.1, 0.15) is 11.4 Å². The van der Waals surface area contributed by atoms with Crippen LogP contribution in [0.2, 0.25) is 5.02 Å². The number of carbonyl (C=O) groups excluding carboxylic acids is 1. The van der Waals surface area contributed by atoms with Crippen LogP contribution in [0.15, 0.2) is 48.7 Å². The molecular formula is C27H26ClF6N5O2. The van der Waals surface area contributed by atoms with Crippen molar-refractivity contribution in [3.8, 4) is 11.6 Å².